The van der Waals surface area contributed by atoms with Gasteiger partial charge in [-0.05, 0) is 53.9 Å². The molecule has 0 fully saturated rings. The summed E-state index contributed by atoms with van der Waals surface area (Å²) in [5.41, 5.74) is 11.0. The lowest BCUT2D eigenvalue weighted by molar-refractivity contribution is 0.282. The Bertz CT molecular complexity index is 1110. The number of hydrogen-bond acceptors (Lipinski definition) is 3. The van der Waals surface area contributed by atoms with Gasteiger partial charge in [-0.3, -0.25) is 0 Å². The lowest BCUT2D eigenvalue weighted by Gasteiger charge is -1.98. The smallest absolute Gasteiger partial charge is 0.113 e. The molecule has 2 aromatic carbocycles. The number of pyridine rings is 1. The average molecular weight is 348 g/mol. The van der Waals surface area contributed by atoms with E-state index in [0.29, 0.717) is 22.5 Å². The Morgan fingerprint density at radius 2 is 1.59 bits per heavy atom. The van der Waals surface area contributed by atoms with Crippen LogP contribution in [0.1, 0.15) is 33.5 Å². The van der Waals surface area contributed by atoms with Crippen LogP contribution in [-0.4, -0.2) is 10.1 Å². The monoisotopic (exact) mass is 348 g/mol. The van der Waals surface area contributed by atoms with Crippen molar-refractivity contribution >= 4 is 5.69 Å². The van der Waals surface area contributed by atoms with Crippen LogP contribution in [0.2, 0.25) is 0 Å². The zero-order chi connectivity index (χ0) is 19.1. The quantitative estimate of drug-likeness (QED) is 0.525. The highest BCUT2D eigenvalue weighted by molar-refractivity contribution is 5.58. The van der Waals surface area contributed by atoms with Crippen molar-refractivity contribution in [2.75, 3.05) is 5.73 Å². The molecule has 3 aromatic rings. The van der Waals surface area contributed by atoms with Gasteiger partial charge in [-0.15, -0.1) is 6.42 Å². The third kappa shape index (κ3) is 4.77. The molecule has 0 radical (unpaired) electrons. The van der Waals surface area contributed by atoms with E-state index in [9.17, 15) is 0 Å². The molecule has 0 aliphatic heterocycles. The minimum atomic E-state index is 0.0240. The summed E-state index contributed by atoms with van der Waals surface area (Å²) < 4.78 is 0. The second-order valence-corrected chi connectivity index (χ2v) is 5.74. The zero-order valence-electron chi connectivity index (χ0n) is 14.5. The molecule has 3 nitrogen and oxygen atoms in total. The average Bonchev–Trinajstić information content (AvgIpc) is 2.72. The normalized spacial score (nSPS) is 9.33. The van der Waals surface area contributed by atoms with Gasteiger partial charge in [0, 0.05) is 34.1 Å². The second-order valence-electron chi connectivity index (χ2n) is 5.74. The molecule has 0 amide bonds. The summed E-state index contributed by atoms with van der Waals surface area (Å²) in [6, 6.07) is 16.4. The number of nitrogens with zero attached hydrogens (tertiary/aromatic N) is 1. The Morgan fingerprint density at radius 3 is 2.26 bits per heavy atom. The van der Waals surface area contributed by atoms with Crippen LogP contribution >= 0.6 is 0 Å². The Morgan fingerprint density at radius 1 is 0.852 bits per heavy atom. The van der Waals surface area contributed by atoms with Crippen LogP contribution in [0.3, 0.4) is 0 Å². The van der Waals surface area contributed by atoms with E-state index in [0.717, 1.165) is 16.7 Å². The van der Waals surface area contributed by atoms with Crippen molar-refractivity contribution in [2.45, 2.75) is 6.61 Å². The second kappa shape index (κ2) is 8.41. The van der Waals surface area contributed by atoms with Gasteiger partial charge in [0.15, 0.2) is 0 Å². The fourth-order valence-electron chi connectivity index (χ4n) is 2.30. The first-order valence-corrected chi connectivity index (χ1v) is 8.24. The molecule has 0 saturated carbocycles. The van der Waals surface area contributed by atoms with Crippen molar-refractivity contribution in [1.29, 1.82) is 0 Å². The van der Waals surface area contributed by atoms with Crippen LogP contribution in [0.4, 0.5) is 5.69 Å². The van der Waals surface area contributed by atoms with Gasteiger partial charge < -0.3 is 10.8 Å². The highest BCUT2D eigenvalue weighted by Crippen LogP contribution is 2.12. The number of rotatable bonds is 1. The molecule has 0 bridgehead atoms. The number of aliphatic hydroxyl groups is 1. The SMILES string of the molecule is C#Cc1ccc(N)cc1C#Cc1ccc(C#Cc2ccc(CO)cc2)nc1. The number of benzene rings is 2. The molecule has 0 unspecified atom stereocenters. The first kappa shape index (κ1) is 17.8. The number of nitrogens with two attached hydrogens (primary N) is 1. The van der Waals surface area contributed by atoms with Gasteiger partial charge in [0.2, 0.25) is 0 Å². The number of nitrogen functional groups attached to an aromatic ring is 1. The number of aromatic nitrogens is 1. The lowest BCUT2D eigenvalue weighted by Crippen LogP contribution is -1.89. The van der Waals surface area contributed by atoms with Gasteiger partial charge in [-0.1, -0.05) is 35.8 Å². The topological polar surface area (TPSA) is 59.1 Å². The number of anilines is 1. The molecule has 3 heteroatoms. The predicted octanol–water partition coefficient (Wildman–Crippen LogP) is 2.94. The van der Waals surface area contributed by atoms with Crippen LogP contribution in [0.25, 0.3) is 0 Å². The molecule has 128 valence electrons. The summed E-state index contributed by atoms with van der Waals surface area (Å²) in [4.78, 5) is 4.32. The van der Waals surface area contributed by atoms with E-state index in [1.54, 1.807) is 24.4 Å². The lowest BCUT2D eigenvalue weighted by atomic mass is 10.1. The molecule has 0 aliphatic carbocycles. The van der Waals surface area contributed by atoms with E-state index in [4.69, 9.17) is 17.3 Å². The van der Waals surface area contributed by atoms with E-state index >= 15 is 0 Å². The number of terminal acetylenes is 1. The van der Waals surface area contributed by atoms with E-state index in [1.165, 1.54) is 0 Å². The fraction of sp³-hybridized carbons (Fsp3) is 0.0417. The maximum absolute atomic E-state index is 9.05. The maximum Gasteiger partial charge on any atom is 0.113 e. The maximum atomic E-state index is 9.05. The standard InChI is InChI=1S/C24H16N2O/c1-2-21-11-12-23(25)15-22(21)10-7-19-9-14-24(26-16-19)13-8-18-3-5-20(17-27)6-4-18/h1,3-6,9,11-12,14-16,27H,17,25H2. The largest absolute Gasteiger partial charge is 0.399 e. The molecule has 0 spiro atoms. The Labute approximate surface area is 158 Å². The highest BCUT2D eigenvalue weighted by Gasteiger charge is 1.97. The van der Waals surface area contributed by atoms with Crippen LogP contribution in [0.5, 0.6) is 0 Å². The van der Waals surface area contributed by atoms with Gasteiger partial charge >= 0.3 is 0 Å². The van der Waals surface area contributed by atoms with Gasteiger partial charge in [0.05, 0.1) is 6.61 Å². The summed E-state index contributed by atoms with van der Waals surface area (Å²) in [5.74, 6) is 14.7. The van der Waals surface area contributed by atoms with Gasteiger partial charge in [-0.25, -0.2) is 4.98 Å². The summed E-state index contributed by atoms with van der Waals surface area (Å²) >= 11 is 0. The third-order valence-corrected chi connectivity index (χ3v) is 3.78. The Hall–Kier alpha value is -3.97. The van der Waals surface area contributed by atoms with Gasteiger partial charge in [0.1, 0.15) is 5.69 Å². The summed E-state index contributed by atoms with van der Waals surface area (Å²) in [6.45, 7) is 0.0240. The third-order valence-electron chi connectivity index (χ3n) is 3.78. The molecule has 0 saturated heterocycles. The predicted molar refractivity (Wildman–Crippen MR) is 107 cm³/mol. The van der Waals surface area contributed by atoms with Crippen molar-refractivity contribution in [3.05, 3.63) is 94.3 Å². The van der Waals surface area contributed by atoms with E-state index < -0.39 is 0 Å². The molecule has 1 heterocycles. The van der Waals surface area contributed by atoms with Crippen molar-refractivity contribution in [3.63, 3.8) is 0 Å². The summed E-state index contributed by atoms with van der Waals surface area (Å²) in [7, 11) is 0. The van der Waals surface area contributed by atoms with Crippen LogP contribution < -0.4 is 5.73 Å². The van der Waals surface area contributed by atoms with Crippen molar-refractivity contribution < 1.29 is 5.11 Å². The molecule has 3 rings (SSSR count). The van der Waals surface area contributed by atoms with Crippen molar-refractivity contribution in [1.82, 2.24) is 4.98 Å². The molecule has 27 heavy (non-hydrogen) atoms. The minimum Gasteiger partial charge on any atom is -0.399 e. The van der Waals surface area contributed by atoms with Crippen LogP contribution in [-0.2, 0) is 6.61 Å². The summed E-state index contributed by atoms with van der Waals surface area (Å²) in [6.07, 6.45) is 7.16. The highest BCUT2D eigenvalue weighted by atomic mass is 16.3. The molecule has 0 atom stereocenters. The van der Waals surface area contributed by atoms with Crippen LogP contribution in [0, 0.1) is 36.0 Å². The number of aliphatic hydroxyl groups excluding tert-OH is 1. The molecular weight excluding hydrogens is 332 g/mol. The molecule has 3 N–H and O–H groups in total. The van der Waals surface area contributed by atoms with Gasteiger partial charge in [0.25, 0.3) is 0 Å². The zero-order valence-corrected chi connectivity index (χ0v) is 14.5. The van der Waals surface area contributed by atoms with Gasteiger partial charge in [-0.2, -0.15) is 0 Å². The first-order valence-electron chi connectivity index (χ1n) is 8.24. The minimum absolute atomic E-state index is 0.0240. The van der Waals surface area contributed by atoms with Crippen molar-refractivity contribution in [3.8, 4) is 36.0 Å². The Kier molecular flexibility index (Phi) is 5.56. The first-order chi connectivity index (χ1) is 13.2. The summed E-state index contributed by atoms with van der Waals surface area (Å²) in [5, 5.41) is 9.05. The van der Waals surface area contributed by atoms with E-state index in [2.05, 4.69) is 34.6 Å². The van der Waals surface area contributed by atoms with E-state index in [-0.39, 0.29) is 6.61 Å². The van der Waals surface area contributed by atoms with E-state index in [1.807, 2.05) is 36.4 Å². The molecule has 0 aliphatic rings. The molecule has 1 aromatic heterocycles. The Balaban J connectivity index is 1.76. The number of hydrogen-bond donors (Lipinski definition) is 2. The van der Waals surface area contributed by atoms with Crippen molar-refractivity contribution in [2.24, 2.45) is 0 Å². The van der Waals surface area contributed by atoms with Crippen LogP contribution in [0.15, 0.2) is 60.8 Å². The fourth-order valence-corrected chi connectivity index (χ4v) is 2.30. The molecular formula is C24H16N2O.